The average molecular weight is 299 g/mol. The number of halogens is 11. The molecular formula is C5F11NO. The van der Waals surface area contributed by atoms with E-state index in [0.29, 0.717) is 0 Å². The molecule has 0 fully saturated rings. The van der Waals surface area contributed by atoms with Crippen LogP contribution in [0.1, 0.15) is 0 Å². The van der Waals surface area contributed by atoms with E-state index in [1.165, 1.54) is 0 Å². The van der Waals surface area contributed by atoms with Gasteiger partial charge in [-0.3, -0.25) is 4.79 Å². The van der Waals surface area contributed by atoms with Gasteiger partial charge in [0, 0.05) is 5.12 Å². The summed E-state index contributed by atoms with van der Waals surface area (Å²) in [5.41, 5.74) is -7.00. The van der Waals surface area contributed by atoms with Crippen LogP contribution in [0.5, 0.6) is 0 Å². The van der Waals surface area contributed by atoms with Crippen molar-refractivity contribution in [1.82, 2.24) is 5.12 Å². The third kappa shape index (κ3) is 2.35. The molecule has 1 atom stereocenters. The van der Waals surface area contributed by atoms with E-state index in [9.17, 15) is 53.2 Å². The van der Waals surface area contributed by atoms with Crippen LogP contribution in [0.15, 0.2) is 0 Å². The molecule has 2 nitrogen and oxygen atoms in total. The second-order valence-electron chi connectivity index (χ2n) is 2.72. The van der Waals surface area contributed by atoms with Gasteiger partial charge >= 0.3 is 30.2 Å². The normalized spacial score (nSPS) is 17.8. The van der Waals surface area contributed by atoms with Crippen LogP contribution >= 0.6 is 0 Å². The van der Waals surface area contributed by atoms with Crippen LogP contribution in [-0.2, 0) is 4.79 Å². The minimum atomic E-state index is -7.17. The van der Waals surface area contributed by atoms with Gasteiger partial charge in [-0.2, -0.15) is 39.5 Å². The summed E-state index contributed by atoms with van der Waals surface area (Å²) in [5.74, 6) is 0. The minimum Gasteiger partial charge on any atom is -0.257 e. The molecule has 0 spiro atoms. The van der Waals surface area contributed by atoms with Gasteiger partial charge in [0.05, 0.1) is 0 Å². The molecule has 0 aromatic heterocycles. The number of carbonyl (C=O) groups excluding carboxylic acids is 1. The highest BCUT2D eigenvalue weighted by molar-refractivity contribution is 5.80. The molecule has 0 aromatic carbocycles. The van der Waals surface area contributed by atoms with Gasteiger partial charge in [0.1, 0.15) is 0 Å². The van der Waals surface area contributed by atoms with Gasteiger partial charge in [-0.15, -0.1) is 4.48 Å². The van der Waals surface area contributed by atoms with E-state index in [0.717, 1.165) is 0 Å². The van der Waals surface area contributed by atoms with Crippen molar-refractivity contribution in [3.63, 3.8) is 0 Å². The van der Waals surface area contributed by atoms with Crippen molar-refractivity contribution in [3.05, 3.63) is 0 Å². The van der Waals surface area contributed by atoms with Crippen LogP contribution < -0.4 is 0 Å². The predicted molar refractivity (Wildman–Crippen MR) is 30.0 cm³/mol. The lowest BCUT2D eigenvalue weighted by molar-refractivity contribution is -0.442. The van der Waals surface area contributed by atoms with Crippen molar-refractivity contribution < 1.29 is 53.2 Å². The largest absolute Gasteiger partial charge is 0.492 e. The van der Waals surface area contributed by atoms with E-state index in [4.69, 9.17) is 0 Å². The molecular weight excluding hydrogens is 299 g/mol. The van der Waals surface area contributed by atoms with E-state index in [2.05, 4.69) is 0 Å². The highest BCUT2D eigenvalue weighted by Crippen LogP contribution is 2.50. The summed E-state index contributed by atoms with van der Waals surface area (Å²) in [5, 5.41) is -3.84. The van der Waals surface area contributed by atoms with Crippen molar-refractivity contribution >= 4 is 6.04 Å². The lowest BCUT2D eigenvalue weighted by Gasteiger charge is -2.34. The first-order valence-corrected chi connectivity index (χ1v) is 3.46. The standard InChI is InChI=1S/C5F11NO/c6-1(18)2(7,3(8,9)10)4(11,12)17(16)5(13,14)15. The predicted octanol–water partition coefficient (Wildman–Crippen LogP) is 3.05. The first-order chi connectivity index (χ1) is 7.60. The van der Waals surface area contributed by atoms with Crippen molar-refractivity contribution in [3.8, 4) is 0 Å². The maximum absolute atomic E-state index is 12.6. The Kier molecular flexibility index (Phi) is 3.94. The summed E-state index contributed by atoms with van der Waals surface area (Å²) in [6, 6.07) is -11.7. The molecule has 0 N–H and O–H groups in total. The number of alkyl halides is 9. The highest BCUT2D eigenvalue weighted by atomic mass is 19.4. The van der Waals surface area contributed by atoms with Crippen molar-refractivity contribution in [1.29, 1.82) is 0 Å². The fourth-order valence-corrected chi connectivity index (χ4v) is 0.695. The number of hydrogen-bond acceptors (Lipinski definition) is 2. The number of rotatable bonds is 3. The minimum absolute atomic E-state index is 3.84. The fraction of sp³-hybridized carbons (Fsp3) is 0.800. The summed E-state index contributed by atoms with van der Waals surface area (Å²) in [4.78, 5) is 9.59. The van der Waals surface area contributed by atoms with E-state index in [1.807, 2.05) is 0 Å². The Morgan fingerprint density at radius 1 is 0.833 bits per heavy atom. The van der Waals surface area contributed by atoms with E-state index < -0.39 is 35.4 Å². The molecule has 0 saturated carbocycles. The number of hydrogen-bond donors (Lipinski definition) is 0. The molecule has 0 aliphatic heterocycles. The van der Waals surface area contributed by atoms with Gasteiger partial charge < -0.3 is 0 Å². The number of nitrogens with zero attached hydrogens (tertiary/aromatic N) is 1. The molecule has 0 heterocycles. The van der Waals surface area contributed by atoms with Gasteiger partial charge in [-0.05, 0) is 0 Å². The first-order valence-electron chi connectivity index (χ1n) is 3.46. The molecule has 108 valence electrons. The Morgan fingerprint density at radius 2 is 1.17 bits per heavy atom. The van der Waals surface area contributed by atoms with Crippen molar-refractivity contribution in [2.75, 3.05) is 0 Å². The third-order valence-electron chi connectivity index (χ3n) is 1.55. The molecule has 0 aliphatic carbocycles. The van der Waals surface area contributed by atoms with Crippen LogP contribution in [0.2, 0.25) is 0 Å². The summed E-state index contributed by atoms with van der Waals surface area (Å²) in [6.07, 6.45) is -13.9. The van der Waals surface area contributed by atoms with Crippen LogP contribution in [-0.4, -0.2) is 35.4 Å². The molecule has 0 amide bonds. The fourth-order valence-electron chi connectivity index (χ4n) is 0.695. The molecule has 13 heteroatoms. The van der Waals surface area contributed by atoms with Gasteiger partial charge in [-0.1, -0.05) is 0 Å². The van der Waals surface area contributed by atoms with Crippen molar-refractivity contribution in [2.45, 2.75) is 24.2 Å². The summed E-state index contributed by atoms with van der Waals surface area (Å²) in [7, 11) is 0. The van der Waals surface area contributed by atoms with Gasteiger partial charge in [0.15, 0.2) is 0 Å². The lowest BCUT2D eigenvalue weighted by atomic mass is 10.0. The third-order valence-corrected chi connectivity index (χ3v) is 1.55. The van der Waals surface area contributed by atoms with Crippen LogP contribution in [0.25, 0.3) is 0 Å². The lowest BCUT2D eigenvalue weighted by Crippen LogP contribution is -2.67. The molecule has 1 unspecified atom stereocenters. The zero-order valence-electron chi connectivity index (χ0n) is 7.51. The summed E-state index contributed by atoms with van der Waals surface area (Å²) in [6.45, 7) is 0. The monoisotopic (exact) mass is 299 g/mol. The first kappa shape index (κ1) is 16.9. The Bertz CT molecular complexity index is 331. The topological polar surface area (TPSA) is 20.3 Å². The maximum atomic E-state index is 12.6. The van der Waals surface area contributed by atoms with Crippen LogP contribution in [0, 0.1) is 0 Å². The molecule has 0 saturated heterocycles. The Labute approximate surface area is 89.9 Å². The Hall–Kier alpha value is -1.14. The molecule has 0 aromatic rings. The maximum Gasteiger partial charge on any atom is 0.492 e. The molecule has 0 rings (SSSR count). The Morgan fingerprint density at radius 3 is 1.33 bits per heavy atom. The average Bonchev–Trinajstić information content (AvgIpc) is 2.11. The Balaban J connectivity index is 5.88. The molecule has 0 radical (unpaired) electrons. The van der Waals surface area contributed by atoms with Gasteiger partial charge in [-0.25, -0.2) is 4.39 Å². The highest BCUT2D eigenvalue weighted by Gasteiger charge is 2.82. The smallest absolute Gasteiger partial charge is 0.257 e. The molecule has 18 heavy (non-hydrogen) atoms. The second-order valence-corrected chi connectivity index (χ2v) is 2.72. The quantitative estimate of drug-likeness (QED) is 0.345. The zero-order valence-corrected chi connectivity index (χ0v) is 7.51. The molecule has 0 bridgehead atoms. The summed E-state index contributed by atoms with van der Waals surface area (Å²) >= 11 is 0. The molecule has 0 aliphatic rings. The zero-order chi connectivity index (χ0) is 15.2. The van der Waals surface area contributed by atoms with Gasteiger partial charge in [0.2, 0.25) is 0 Å². The second kappa shape index (κ2) is 4.20. The summed E-state index contributed by atoms with van der Waals surface area (Å²) < 4.78 is 131. The van der Waals surface area contributed by atoms with E-state index in [1.54, 1.807) is 0 Å². The van der Waals surface area contributed by atoms with E-state index in [-0.39, 0.29) is 0 Å². The van der Waals surface area contributed by atoms with Crippen LogP contribution in [0.4, 0.5) is 48.4 Å². The van der Waals surface area contributed by atoms with Gasteiger partial charge in [0.25, 0.3) is 0 Å². The van der Waals surface area contributed by atoms with E-state index >= 15 is 0 Å². The van der Waals surface area contributed by atoms with Crippen LogP contribution in [0.3, 0.4) is 0 Å². The number of carbonyl (C=O) groups is 1. The SMILES string of the molecule is O=C(F)C(F)(C(F)(F)F)C(F)(F)N(F)C(F)(F)F. The van der Waals surface area contributed by atoms with Crippen molar-refractivity contribution in [2.24, 2.45) is 0 Å².